The largest absolute Gasteiger partial charge is 0.319 e. The van der Waals surface area contributed by atoms with Crippen molar-refractivity contribution < 1.29 is 4.79 Å². The van der Waals surface area contributed by atoms with Crippen LogP contribution >= 0.6 is 27.5 Å². The number of carbonyl (C=O) groups is 1. The van der Waals surface area contributed by atoms with Gasteiger partial charge in [-0.15, -0.1) is 5.10 Å². The third-order valence-corrected chi connectivity index (χ3v) is 5.35. The van der Waals surface area contributed by atoms with Crippen LogP contribution in [0.2, 0.25) is 5.02 Å². The summed E-state index contributed by atoms with van der Waals surface area (Å²) in [5.74, 6) is 0.267. The number of hydrogen-bond acceptors (Lipinski definition) is 3. The van der Waals surface area contributed by atoms with Crippen LogP contribution in [0.1, 0.15) is 21.7 Å². The fraction of sp³-hybridized carbons (Fsp3) is 0.0870. The van der Waals surface area contributed by atoms with E-state index in [1.54, 1.807) is 4.68 Å². The number of benzene rings is 3. The Balaban J connectivity index is 1.80. The number of rotatable bonds is 4. The minimum atomic E-state index is -0.385. The summed E-state index contributed by atoms with van der Waals surface area (Å²) in [6.45, 7) is 3.98. The number of hydrogen-bond donors (Lipinski definition) is 1. The topological polar surface area (TPSA) is 59.8 Å². The van der Waals surface area contributed by atoms with Crippen LogP contribution in [0, 0.1) is 13.8 Å². The van der Waals surface area contributed by atoms with E-state index in [-0.39, 0.29) is 11.7 Å². The van der Waals surface area contributed by atoms with Crippen molar-refractivity contribution in [3.8, 4) is 17.1 Å². The molecule has 0 aliphatic carbocycles. The number of aromatic nitrogens is 3. The lowest BCUT2D eigenvalue weighted by molar-refractivity contribution is 0.101. The lowest BCUT2D eigenvalue weighted by Crippen LogP contribution is -2.14. The Morgan fingerprint density at radius 1 is 1.03 bits per heavy atom. The maximum Gasteiger partial charge on any atom is 0.295 e. The number of nitrogens with zero attached hydrogens (tertiary/aromatic N) is 3. The molecule has 0 spiro atoms. The van der Waals surface area contributed by atoms with E-state index in [9.17, 15) is 4.79 Å². The molecule has 3 aromatic carbocycles. The average Bonchev–Trinajstić information content (AvgIpc) is 3.17. The summed E-state index contributed by atoms with van der Waals surface area (Å²) in [5.41, 5.74) is 4.36. The fourth-order valence-electron chi connectivity index (χ4n) is 3.08. The number of anilines is 1. The van der Waals surface area contributed by atoms with Crippen LogP contribution < -0.4 is 5.32 Å². The molecule has 0 unspecified atom stereocenters. The van der Waals surface area contributed by atoms with Gasteiger partial charge in [0.2, 0.25) is 5.82 Å². The Morgan fingerprint density at radius 3 is 2.53 bits per heavy atom. The highest BCUT2D eigenvalue weighted by molar-refractivity contribution is 9.10. The fourth-order valence-corrected chi connectivity index (χ4v) is 3.51. The molecule has 0 bridgehead atoms. The van der Waals surface area contributed by atoms with Gasteiger partial charge in [0.15, 0.2) is 5.82 Å². The number of halogens is 2. The molecule has 150 valence electrons. The summed E-state index contributed by atoms with van der Waals surface area (Å²) in [4.78, 5) is 17.4. The maximum absolute atomic E-state index is 12.9. The van der Waals surface area contributed by atoms with E-state index in [1.165, 1.54) is 0 Å². The molecular formula is C23H18BrClN4O. The molecule has 4 aromatic rings. The zero-order valence-corrected chi connectivity index (χ0v) is 18.7. The molecule has 0 fully saturated rings. The zero-order chi connectivity index (χ0) is 21.3. The van der Waals surface area contributed by atoms with Gasteiger partial charge >= 0.3 is 0 Å². The summed E-state index contributed by atoms with van der Waals surface area (Å²) in [7, 11) is 0. The van der Waals surface area contributed by atoms with Crippen molar-refractivity contribution in [1.29, 1.82) is 0 Å². The first-order chi connectivity index (χ1) is 14.4. The van der Waals surface area contributed by atoms with Gasteiger partial charge in [-0.05, 0) is 61.9 Å². The van der Waals surface area contributed by atoms with Gasteiger partial charge in [0.25, 0.3) is 5.91 Å². The van der Waals surface area contributed by atoms with E-state index >= 15 is 0 Å². The SMILES string of the molecule is Cc1cccc(-c2nc(C(=O)Nc3ccc(Br)cc3)nn2-c2cc(Cl)ccc2C)c1. The van der Waals surface area contributed by atoms with Crippen molar-refractivity contribution in [3.05, 3.63) is 93.2 Å². The van der Waals surface area contributed by atoms with Crippen LogP contribution in [0.3, 0.4) is 0 Å². The summed E-state index contributed by atoms with van der Waals surface area (Å²) in [5, 5.41) is 7.96. The summed E-state index contributed by atoms with van der Waals surface area (Å²) in [6, 6.07) is 20.8. The number of amides is 1. The van der Waals surface area contributed by atoms with Crippen LogP contribution in [0.5, 0.6) is 0 Å². The third-order valence-electron chi connectivity index (χ3n) is 4.59. The third kappa shape index (κ3) is 4.30. The molecule has 0 radical (unpaired) electrons. The van der Waals surface area contributed by atoms with Crippen LogP contribution in [-0.4, -0.2) is 20.7 Å². The van der Waals surface area contributed by atoms with Crippen LogP contribution in [-0.2, 0) is 0 Å². The summed E-state index contributed by atoms with van der Waals surface area (Å²) >= 11 is 9.62. The molecule has 1 aromatic heterocycles. The van der Waals surface area contributed by atoms with Gasteiger partial charge < -0.3 is 5.32 Å². The van der Waals surface area contributed by atoms with Crippen LogP contribution in [0.4, 0.5) is 5.69 Å². The van der Waals surface area contributed by atoms with Gasteiger partial charge in [-0.3, -0.25) is 4.79 Å². The molecule has 0 aliphatic heterocycles. The number of carbonyl (C=O) groups excluding carboxylic acids is 1. The number of aryl methyl sites for hydroxylation is 2. The standard InChI is InChI=1S/C23H18BrClN4O/c1-14-4-3-5-16(12-14)22-27-21(23(30)26-19-10-7-17(24)8-11-19)28-29(22)20-13-18(25)9-6-15(20)2/h3-13H,1-2H3,(H,26,30). The molecule has 0 saturated heterocycles. The van der Waals surface area contributed by atoms with Gasteiger partial charge in [-0.25, -0.2) is 9.67 Å². The van der Waals surface area contributed by atoms with Crippen molar-refractivity contribution in [2.24, 2.45) is 0 Å². The molecule has 7 heteroatoms. The van der Waals surface area contributed by atoms with E-state index in [2.05, 4.69) is 31.3 Å². The normalized spacial score (nSPS) is 10.8. The van der Waals surface area contributed by atoms with E-state index in [4.69, 9.17) is 11.6 Å². The van der Waals surface area contributed by atoms with Crippen molar-refractivity contribution in [2.45, 2.75) is 13.8 Å². The predicted molar refractivity (Wildman–Crippen MR) is 123 cm³/mol. The lowest BCUT2D eigenvalue weighted by Gasteiger charge is -2.10. The maximum atomic E-state index is 12.9. The van der Waals surface area contributed by atoms with Gasteiger partial charge in [0.1, 0.15) is 0 Å². The Kier molecular flexibility index (Phi) is 5.70. The monoisotopic (exact) mass is 480 g/mol. The second-order valence-corrected chi connectivity index (χ2v) is 8.28. The predicted octanol–water partition coefficient (Wildman–Crippen LogP) is 6.22. The van der Waals surface area contributed by atoms with Crippen molar-refractivity contribution in [1.82, 2.24) is 14.8 Å². The smallest absolute Gasteiger partial charge is 0.295 e. The molecule has 30 heavy (non-hydrogen) atoms. The first-order valence-electron chi connectivity index (χ1n) is 9.28. The van der Waals surface area contributed by atoms with Crippen molar-refractivity contribution in [2.75, 3.05) is 5.32 Å². The highest BCUT2D eigenvalue weighted by Crippen LogP contribution is 2.26. The van der Waals surface area contributed by atoms with Gasteiger partial charge in [-0.2, -0.15) is 0 Å². The van der Waals surface area contributed by atoms with E-state index < -0.39 is 0 Å². The Labute approximate surface area is 187 Å². The van der Waals surface area contributed by atoms with E-state index in [1.807, 2.05) is 80.6 Å². The second kappa shape index (κ2) is 8.42. The lowest BCUT2D eigenvalue weighted by atomic mass is 10.1. The molecule has 5 nitrogen and oxygen atoms in total. The summed E-state index contributed by atoms with van der Waals surface area (Å²) < 4.78 is 2.60. The quantitative estimate of drug-likeness (QED) is 0.376. The second-order valence-electron chi connectivity index (χ2n) is 6.93. The first-order valence-corrected chi connectivity index (χ1v) is 10.5. The molecule has 0 aliphatic rings. The van der Waals surface area contributed by atoms with E-state index in [0.29, 0.717) is 16.5 Å². The Hall–Kier alpha value is -2.96. The van der Waals surface area contributed by atoms with E-state index in [0.717, 1.165) is 26.9 Å². The van der Waals surface area contributed by atoms with Crippen LogP contribution in [0.15, 0.2) is 71.2 Å². The molecular weight excluding hydrogens is 464 g/mol. The van der Waals surface area contributed by atoms with Crippen molar-refractivity contribution >= 4 is 39.1 Å². The minimum Gasteiger partial charge on any atom is -0.319 e. The van der Waals surface area contributed by atoms with Crippen molar-refractivity contribution in [3.63, 3.8) is 0 Å². The van der Waals surface area contributed by atoms with Gasteiger partial charge in [-0.1, -0.05) is 57.4 Å². The van der Waals surface area contributed by atoms with Gasteiger partial charge in [0, 0.05) is 20.7 Å². The molecule has 1 heterocycles. The zero-order valence-electron chi connectivity index (χ0n) is 16.4. The molecule has 1 amide bonds. The Bertz CT molecular complexity index is 1230. The minimum absolute atomic E-state index is 0.0776. The number of nitrogens with one attached hydrogen (secondary N) is 1. The Morgan fingerprint density at radius 2 is 1.80 bits per heavy atom. The molecule has 0 saturated carbocycles. The molecule has 1 N–H and O–H groups in total. The molecule has 0 atom stereocenters. The highest BCUT2D eigenvalue weighted by Gasteiger charge is 2.20. The average molecular weight is 482 g/mol. The summed E-state index contributed by atoms with van der Waals surface area (Å²) in [6.07, 6.45) is 0. The highest BCUT2D eigenvalue weighted by atomic mass is 79.9. The van der Waals surface area contributed by atoms with Crippen LogP contribution in [0.25, 0.3) is 17.1 Å². The molecule has 4 rings (SSSR count). The van der Waals surface area contributed by atoms with Gasteiger partial charge in [0.05, 0.1) is 5.69 Å². The first kappa shape index (κ1) is 20.3.